The molecule has 0 spiro atoms. The highest BCUT2D eigenvalue weighted by Gasteiger charge is 2.20. The fourth-order valence-electron chi connectivity index (χ4n) is 2.24. The first-order valence-electron chi connectivity index (χ1n) is 6.95. The number of piperidine rings is 1. The van der Waals surface area contributed by atoms with Crippen LogP contribution < -0.4 is 10.6 Å². The molecule has 3 amide bonds. The molecule has 0 aliphatic carbocycles. The summed E-state index contributed by atoms with van der Waals surface area (Å²) in [6.07, 6.45) is 4.02. The summed E-state index contributed by atoms with van der Waals surface area (Å²) in [6, 6.07) is 2.92. The SMILES string of the molecule is O=CC1CCN(CC(=O)NC(=O)NCc2ccco2)CC1. The van der Waals surface area contributed by atoms with Gasteiger partial charge in [-0.05, 0) is 38.1 Å². The third-order valence-corrected chi connectivity index (χ3v) is 3.45. The number of amides is 3. The molecule has 0 bridgehead atoms. The van der Waals surface area contributed by atoms with Crippen molar-refractivity contribution in [1.82, 2.24) is 15.5 Å². The Bertz CT molecular complexity index is 478. The van der Waals surface area contributed by atoms with Gasteiger partial charge in [0.1, 0.15) is 12.0 Å². The number of hydrogen-bond acceptors (Lipinski definition) is 5. The number of urea groups is 1. The summed E-state index contributed by atoms with van der Waals surface area (Å²) in [7, 11) is 0. The van der Waals surface area contributed by atoms with E-state index in [0.717, 1.165) is 19.1 Å². The van der Waals surface area contributed by atoms with Crippen molar-refractivity contribution in [2.24, 2.45) is 5.92 Å². The molecular formula is C14H19N3O4. The third kappa shape index (κ3) is 5.03. The highest BCUT2D eigenvalue weighted by atomic mass is 16.3. The Kier molecular flexibility index (Phi) is 5.51. The van der Waals surface area contributed by atoms with Crippen molar-refractivity contribution >= 4 is 18.2 Å². The number of imide groups is 1. The van der Waals surface area contributed by atoms with Gasteiger partial charge < -0.3 is 14.5 Å². The van der Waals surface area contributed by atoms with Gasteiger partial charge in [0.05, 0.1) is 19.4 Å². The molecule has 1 aliphatic rings. The van der Waals surface area contributed by atoms with Crippen LogP contribution in [0.2, 0.25) is 0 Å². The van der Waals surface area contributed by atoms with Crippen LogP contribution in [0.5, 0.6) is 0 Å². The molecule has 0 radical (unpaired) electrons. The molecule has 1 aliphatic heterocycles. The van der Waals surface area contributed by atoms with Crippen LogP contribution in [-0.2, 0) is 16.1 Å². The summed E-state index contributed by atoms with van der Waals surface area (Å²) in [4.78, 5) is 35.9. The van der Waals surface area contributed by atoms with E-state index in [4.69, 9.17) is 4.42 Å². The normalized spacial score (nSPS) is 16.4. The first-order chi connectivity index (χ1) is 10.2. The van der Waals surface area contributed by atoms with Gasteiger partial charge in [0.25, 0.3) is 0 Å². The number of nitrogens with one attached hydrogen (secondary N) is 2. The minimum Gasteiger partial charge on any atom is -0.467 e. The van der Waals surface area contributed by atoms with E-state index >= 15 is 0 Å². The summed E-state index contributed by atoms with van der Waals surface area (Å²) < 4.78 is 5.07. The number of likely N-dealkylation sites (tertiary alicyclic amines) is 1. The van der Waals surface area contributed by atoms with Crippen molar-refractivity contribution in [3.63, 3.8) is 0 Å². The maximum absolute atomic E-state index is 11.7. The molecule has 2 heterocycles. The Labute approximate surface area is 122 Å². The van der Waals surface area contributed by atoms with Gasteiger partial charge in [-0.25, -0.2) is 4.79 Å². The maximum Gasteiger partial charge on any atom is 0.321 e. The van der Waals surface area contributed by atoms with Crippen LogP contribution in [-0.4, -0.2) is 42.8 Å². The lowest BCUT2D eigenvalue weighted by atomic mass is 9.99. The fourth-order valence-corrected chi connectivity index (χ4v) is 2.24. The molecule has 1 aromatic rings. The number of carbonyl (C=O) groups is 3. The molecule has 1 aromatic heterocycles. The van der Waals surface area contributed by atoms with E-state index in [9.17, 15) is 14.4 Å². The van der Waals surface area contributed by atoms with Gasteiger partial charge >= 0.3 is 6.03 Å². The van der Waals surface area contributed by atoms with Gasteiger partial charge in [-0.3, -0.25) is 15.0 Å². The van der Waals surface area contributed by atoms with Crippen LogP contribution in [0.15, 0.2) is 22.8 Å². The van der Waals surface area contributed by atoms with E-state index in [-0.39, 0.29) is 24.9 Å². The van der Waals surface area contributed by atoms with Crippen LogP contribution >= 0.6 is 0 Å². The van der Waals surface area contributed by atoms with E-state index in [1.807, 2.05) is 4.90 Å². The average Bonchev–Trinajstić information content (AvgIpc) is 2.99. The Morgan fingerprint density at radius 2 is 2.14 bits per heavy atom. The molecule has 1 saturated heterocycles. The highest BCUT2D eigenvalue weighted by molar-refractivity contribution is 5.95. The molecule has 2 N–H and O–H groups in total. The lowest BCUT2D eigenvalue weighted by molar-refractivity contribution is -0.121. The zero-order valence-corrected chi connectivity index (χ0v) is 11.7. The van der Waals surface area contributed by atoms with Crippen LogP contribution in [0.1, 0.15) is 18.6 Å². The lowest BCUT2D eigenvalue weighted by Gasteiger charge is -2.28. The van der Waals surface area contributed by atoms with Gasteiger partial charge in [-0.15, -0.1) is 0 Å². The van der Waals surface area contributed by atoms with Crippen LogP contribution in [0.25, 0.3) is 0 Å². The molecule has 0 saturated carbocycles. The number of furan rings is 1. The Hall–Kier alpha value is -2.15. The lowest BCUT2D eigenvalue weighted by Crippen LogP contribution is -2.46. The predicted octanol–water partition coefficient (Wildman–Crippen LogP) is 0.516. The van der Waals surface area contributed by atoms with Crippen LogP contribution in [0.4, 0.5) is 4.79 Å². The zero-order chi connectivity index (χ0) is 15.1. The van der Waals surface area contributed by atoms with Gasteiger partial charge in [-0.2, -0.15) is 0 Å². The van der Waals surface area contributed by atoms with Crippen molar-refractivity contribution in [3.05, 3.63) is 24.2 Å². The molecule has 1 fully saturated rings. The second kappa shape index (κ2) is 7.58. The Balaban J connectivity index is 1.64. The van der Waals surface area contributed by atoms with Crippen molar-refractivity contribution in [2.75, 3.05) is 19.6 Å². The van der Waals surface area contributed by atoms with Crippen LogP contribution in [0.3, 0.4) is 0 Å². The molecule has 2 rings (SSSR count). The van der Waals surface area contributed by atoms with Crippen LogP contribution in [0, 0.1) is 5.92 Å². The highest BCUT2D eigenvalue weighted by Crippen LogP contribution is 2.14. The number of hydrogen-bond donors (Lipinski definition) is 2. The second-order valence-corrected chi connectivity index (χ2v) is 5.06. The monoisotopic (exact) mass is 293 g/mol. The number of carbonyl (C=O) groups excluding carboxylic acids is 3. The number of aldehydes is 1. The van der Waals surface area contributed by atoms with Gasteiger partial charge in [0.15, 0.2) is 0 Å². The molecule has 21 heavy (non-hydrogen) atoms. The van der Waals surface area contributed by atoms with Gasteiger partial charge in [0.2, 0.25) is 5.91 Å². The summed E-state index contributed by atoms with van der Waals surface area (Å²) in [5.74, 6) is 0.367. The molecule has 7 nitrogen and oxygen atoms in total. The minimum atomic E-state index is -0.542. The average molecular weight is 293 g/mol. The molecule has 114 valence electrons. The summed E-state index contributed by atoms with van der Waals surface area (Å²) in [5.41, 5.74) is 0. The fraction of sp³-hybridized carbons (Fsp3) is 0.500. The quantitative estimate of drug-likeness (QED) is 0.772. The minimum absolute atomic E-state index is 0.0981. The van der Waals surface area contributed by atoms with Gasteiger partial charge in [0, 0.05) is 5.92 Å². The van der Waals surface area contributed by atoms with E-state index in [1.165, 1.54) is 6.26 Å². The number of rotatable bonds is 5. The van der Waals surface area contributed by atoms with Crippen molar-refractivity contribution < 1.29 is 18.8 Å². The topological polar surface area (TPSA) is 91.7 Å². The second-order valence-electron chi connectivity index (χ2n) is 5.06. The molecule has 7 heteroatoms. The molecule has 0 atom stereocenters. The van der Waals surface area contributed by atoms with Gasteiger partial charge in [-0.1, -0.05) is 0 Å². The molecule has 0 unspecified atom stereocenters. The number of nitrogens with zero attached hydrogens (tertiary/aromatic N) is 1. The third-order valence-electron chi connectivity index (χ3n) is 3.45. The molecule has 0 aromatic carbocycles. The standard InChI is InChI=1S/C14H19N3O4/c18-10-11-3-5-17(6-4-11)9-13(19)16-14(20)15-8-12-2-1-7-21-12/h1-2,7,10-11H,3-6,8-9H2,(H2,15,16,19,20). The van der Waals surface area contributed by atoms with Crippen molar-refractivity contribution in [3.8, 4) is 0 Å². The summed E-state index contributed by atoms with van der Waals surface area (Å²) in [5, 5.41) is 4.81. The first kappa shape index (κ1) is 15.2. The first-order valence-corrected chi connectivity index (χ1v) is 6.95. The summed E-state index contributed by atoms with van der Waals surface area (Å²) >= 11 is 0. The maximum atomic E-state index is 11.7. The van der Waals surface area contributed by atoms with Crippen molar-refractivity contribution in [1.29, 1.82) is 0 Å². The van der Waals surface area contributed by atoms with Crippen molar-refractivity contribution in [2.45, 2.75) is 19.4 Å². The smallest absolute Gasteiger partial charge is 0.321 e. The zero-order valence-electron chi connectivity index (χ0n) is 11.7. The van der Waals surface area contributed by atoms with E-state index in [1.54, 1.807) is 12.1 Å². The van der Waals surface area contributed by atoms with E-state index < -0.39 is 6.03 Å². The van der Waals surface area contributed by atoms with E-state index in [0.29, 0.717) is 18.8 Å². The molecular weight excluding hydrogens is 274 g/mol. The Morgan fingerprint density at radius 1 is 1.38 bits per heavy atom. The Morgan fingerprint density at radius 3 is 2.76 bits per heavy atom. The largest absolute Gasteiger partial charge is 0.467 e. The summed E-state index contributed by atoms with van der Waals surface area (Å²) in [6.45, 7) is 1.80. The van der Waals surface area contributed by atoms with E-state index in [2.05, 4.69) is 10.6 Å². The predicted molar refractivity (Wildman–Crippen MR) is 74.3 cm³/mol.